The van der Waals surface area contributed by atoms with Gasteiger partial charge in [-0.1, -0.05) is 12.1 Å². The van der Waals surface area contributed by atoms with E-state index in [4.69, 9.17) is 9.15 Å². The molecule has 0 unspecified atom stereocenters. The highest BCUT2D eigenvalue weighted by atomic mass is 16.5. The predicted molar refractivity (Wildman–Crippen MR) is 75.3 cm³/mol. The Bertz CT molecular complexity index is 640. The number of furan rings is 1. The SMILES string of the molecule is COC(=O)c1cccc(COC(=O)/C=C/c2ccco2)c1. The second-order valence-electron chi connectivity index (χ2n) is 4.15. The fourth-order valence-electron chi connectivity index (χ4n) is 1.64. The summed E-state index contributed by atoms with van der Waals surface area (Å²) in [6.45, 7) is 0.0756. The Morgan fingerprint density at radius 2 is 2.10 bits per heavy atom. The van der Waals surface area contributed by atoms with Crippen LogP contribution in [0, 0.1) is 0 Å². The van der Waals surface area contributed by atoms with Crippen LogP contribution in [0.1, 0.15) is 21.7 Å². The molecule has 1 aromatic heterocycles. The zero-order chi connectivity index (χ0) is 15.1. The van der Waals surface area contributed by atoms with Crippen molar-refractivity contribution in [2.45, 2.75) is 6.61 Å². The van der Waals surface area contributed by atoms with Crippen LogP contribution in [0.25, 0.3) is 6.08 Å². The lowest BCUT2D eigenvalue weighted by molar-refractivity contribution is -0.138. The van der Waals surface area contributed by atoms with E-state index in [0.29, 0.717) is 16.9 Å². The molecule has 2 aromatic rings. The number of rotatable bonds is 5. The lowest BCUT2D eigenvalue weighted by Gasteiger charge is -2.04. The molecule has 0 bridgehead atoms. The maximum atomic E-state index is 11.5. The van der Waals surface area contributed by atoms with Crippen LogP contribution >= 0.6 is 0 Å². The Balaban J connectivity index is 1.90. The molecule has 0 spiro atoms. The van der Waals surface area contributed by atoms with Crippen molar-refractivity contribution in [1.29, 1.82) is 0 Å². The second kappa shape index (κ2) is 7.09. The van der Waals surface area contributed by atoms with Gasteiger partial charge >= 0.3 is 11.9 Å². The molecule has 108 valence electrons. The first-order valence-corrected chi connectivity index (χ1v) is 6.24. The maximum Gasteiger partial charge on any atom is 0.337 e. The van der Waals surface area contributed by atoms with Gasteiger partial charge in [-0.05, 0) is 35.9 Å². The summed E-state index contributed by atoms with van der Waals surface area (Å²) >= 11 is 0. The van der Waals surface area contributed by atoms with Gasteiger partial charge in [0.05, 0.1) is 18.9 Å². The monoisotopic (exact) mass is 286 g/mol. The first kappa shape index (κ1) is 14.6. The number of esters is 2. The quantitative estimate of drug-likeness (QED) is 0.624. The molecule has 5 nitrogen and oxygen atoms in total. The molecule has 1 heterocycles. The van der Waals surface area contributed by atoms with Crippen LogP contribution in [-0.2, 0) is 20.9 Å². The summed E-state index contributed by atoms with van der Waals surface area (Å²) in [5.41, 5.74) is 1.12. The minimum atomic E-state index is -0.491. The molecule has 0 N–H and O–H groups in total. The molecule has 0 aliphatic rings. The van der Waals surface area contributed by atoms with Crippen molar-refractivity contribution >= 4 is 18.0 Å². The molecule has 5 heteroatoms. The fourth-order valence-corrected chi connectivity index (χ4v) is 1.64. The van der Waals surface area contributed by atoms with E-state index in [9.17, 15) is 9.59 Å². The van der Waals surface area contributed by atoms with E-state index in [1.165, 1.54) is 25.5 Å². The Morgan fingerprint density at radius 3 is 2.81 bits per heavy atom. The van der Waals surface area contributed by atoms with E-state index >= 15 is 0 Å². The Labute approximate surface area is 121 Å². The van der Waals surface area contributed by atoms with Crippen molar-refractivity contribution < 1.29 is 23.5 Å². The van der Waals surface area contributed by atoms with Gasteiger partial charge in [0.1, 0.15) is 12.4 Å². The normalized spacial score (nSPS) is 10.5. The van der Waals surface area contributed by atoms with Gasteiger partial charge in [0.25, 0.3) is 0 Å². The molecule has 0 radical (unpaired) electrons. The molecule has 0 saturated carbocycles. The molecule has 0 aliphatic carbocycles. The van der Waals surface area contributed by atoms with Gasteiger partial charge in [-0.25, -0.2) is 9.59 Å². The van der Waals surface area contributed by atoms with Crippen LogP contribution in [0.2, 0.25) is 0 Å². The summed E-state index contributed by atoms with van der Waals surface area (Å²) in [7, 11) is 1.31. The van der Waals surface area contributed by atoms with Crippen LogP contribution in [0.5, 0.6) is 0 Å². The molecule has 0 atom stereocenters. The number of carbonyl (C=O) groups excluding carboxylic acids is 2. The summed E-state index contributed by atoms with van der Waals surface area (Å²) in [5, 5.41) is 0. The standard InChI is InChI=1S/C16H14O5/c1-19-16(18)13-5-2-4-12(10-13)11-21-15(17)8-7-14-6-3-9-20-14/h2-10H,11H2,1H3/b8-7+. The van der Waals surface area contributed by atoms with Crippen LogP contribution in [0.4, 0.5) is 0 Å². The third-order valence-electron chi connectivity index (χ3n) is 2.66. The number of methoxy groups -OCH3 is 1. The van der Waals surface area contributed by atoms with E-state index in [2.05, 4.69) is 4.74 Å². The van der Waals surface area contributed by atoms with Crippen molar-refractivity contribution in [2.24, 2.45) is 0 Å². The summed E-state index contributed by atoms with van der Waals surface area (Å²) in [6.07, 6.45) is 4.32. The van der Waals surface area contributed by atoms with Crippen molar-refractivity contribution in [3.8, 4) is 0 Å². The Kier molecular flexibility index (Phi) is 4.93. The van der Waals surface area contributed by atoms with Crippen molar-refractivity contribution in [1.82, 2.24) is 0 Å². The number of benzene rings is 1. The molecular formula is C16H14O5. The molecule has 2 rings (SSSR count). The van der Waals surface area contributed by atoms with E-state index in [-0.39, 0.29) is 6.61 Å². The average molecular weight is 286 g/mol. The largest absolute Gasteiger partial charge is 0.465 e. The maximum absolute atomic E-state index is 11.5. The third-order valence-corrected chi connectivity index (χ3v) is 2.66. The number of hydrogen-bond donors (Lipinski definition) is 0. The smallest absolute Gasteiger partial charge is 0.337 e. The predicted octanol–water partition coefficient (Wildman–Crippen LogP) is 2.82. The van der Waals surface area contributed by atoms with Gasteiger partial charge in [0, 0.05) is 6.08 Å². The summed E-state index contributed by atoms with van der Waals surface area (Å²) < 4.78 is 14.8. The summed E-state index contributed by atoms with van der Waals surface area (Å²) in [5.74, 6) is -0.351. The molecular weight excluding hydrogens is 272 g/mol. The van der Waals surface area contributed by atoms with Crippen molar-refractivity contribution in [3.05, 3.63) is 65.6 Å². The fraction of sp³-hybridized carbons (Fsp3) is 0.125. The van der Waals surface area contributed by atoms with Gasteiger partial charge in [-0.2, -0.15) is 0 Å². The molecule has 0 amide bonds. The minimum Gasteiger partial charge on any atom is -0.465 e. The Hall–Kier alpha value is -2.82. The molecule has 21 heavy (non-hydrogen) atoms. The molecule has 1 aromatic carbocycles. The highest BCUT2D eigenvalue weighted by molar-refractivity contribution is 5.89. The number of carbonyl (C=O) groups is 2. The topological polar surface area (TPSA) is 65.7 Å². The van der Waals surface area contributed by atoms with Gasteiger partial charge in [-0.3, -0.25) is 0 Å². The first-order chi connectivity index (χ1) is 10.2. The number of ether oxygens (including phenoxy) is 2. The molecule has 0 fully saturated rings. The van der Waals surface area contributed by atoms with Crippen molar-refractivity contribution in [2.75, 3.05) is 7.11 Å². The Morgan fingerprint density at radius 1 is 1.24 bits per heavy atom. The van der Waals surface area contributed by atoms with Gasteiger partial charge in [0.2, 0.25) is 0 Å². The van der Waals surface area contributed by atoms with E-state index in [0.717, 1.165) is 0 Å². The van der Waals surface area contributed by atoms with Crippen LogP contribution < -0.4 is 0 Å². The lowest BCUT2D eigenvalue weighted by atomic mass is 10.1. The summed E-state index contributed by atoms with van der Waals surface area (Å²) in [4.78, 5) is 22.9. The second-order valence-corrected chi connectivity index (χ2v) is 4.15. The van der Waals surface area contributed by atoms with E-state index < -0.39 is 11.9 Å². The molecule has 0 aliphatic heterocycles. The third kappa shape index (κ3) is 4.35. The molecule has 0 saturated heterocycles. The highest BCUT2D eigenvalue weighted by Gasteiger charge is 2.06. The van der Waals surface area contributed by atoms with Gasteiger partial charge in [-0.15, -0.1) is 0 Å². The zero-order valence-electron chi connectivity index (χ0n) is 11.4. The van der Waals surface area contributed by atoms with Crippen molar-refractivity contribution in [3.63, 3.8) is 0 Å². The zero-order valence-corrected chi connectivity index (χ0v) is 11.4. The summed E-state index contributed by atoms with van der Waals surface area (Å²) in [6, 6.07) is 10.2. The van der Waals surface area contributed by atoms with Gasteiger partial charge in [0.15, 0.2) is 0 Å². The van der Waals surface area contributed by atoms with Gasteiger partial charge < -0.3 is 13.9 Å². The van der Waals surface area contributed by atoms with Crippen LogP contribution in [-0.4, -0.2) is 19.0 Å². The highest BCUT2D eigenvalue weighted by Crippen LogP contribution is 2.08. The number of hydrogen-bond acceptors (Lipinski definition) is 5. The first-order valence-electron chi connectivity index (χ1n) is 6.24. The minimum absolute atomic E-state index is 0.0756. The van der Waals surface area contributed by atoms with E-state index in [1.807, 2.05) is 0 Å². The van der Waals surface area contributed by atoms with Crippen LogP contribution in [0.3, 0.4) is 0 Å². The lowest BCUT2D eigenvalue weighted by Crippen LogP contribution is -2.04. The van der Waals surface area contributed by atoms with Crippen LogP contribution in [0.15, 0.2) is 53.2 Å². The van der Waals surface area contributed by atoms with E-state index in [1.54, 1.807) is 36.4 Å². The average Bonchev–Trinajstić information content (AvgIpc) is 3.04.